The lowest BCUT2D eigenvalue weighted by Gasteiger charge is -2.10. The molecule has 0 bridgehead atoms. The Labute approximate surface area is 121 Å². The molecule has 0 spiro atoms. The second-order valence-corrected chi connectivity index (χ2v) is 5.67. The SMILES string of the molecule is CC(C)Cc1nnc(SCC(=O)O)n1-c1cccnc1. The van der Waals surface area contributed by atoms with Crippen LogP contribution in [0.3, 0.4) is 0 Å². The highest BCUT2D eigenvalue weighted by atomic mass is 32.2. The Hall–Kier alpha value is -1.89. The first-order chi connectivity index (χ1) is 9.58. The second kappa shape index (κ2) is 6.51. The summed E-state index contributed by atoms with van der Waals surface area (Å²) in [6.07, 6.45) is 4.19. The highest BCUT2D eigenvalue weighted by Crippen LogP contribution is 2.22. The summed E-state index contributed by atoms with van der Waals surface area (Å²) in [6.45, 7) is 4.21. The van der Waals surface area contributed by atoms with Crippen LogP contribution in [0.4, 0.5) is 0 Å². The van der Waals surface area contributed by atoms with Crippen LogP contribution in [0.2, 0.25) is 0 Å². The van der Waals surface area contributed by atoms with E-state index < -0.39 is 5.97 Å². The van der Waals surface area contributed by atoms with Crippen molar-refractivity contribution in [3.05, 3.63) is 30.4 Å². The Kier molecular flexibility index (Phi) is 4.73. The number of pyridine rings is 1. The van der Waals surface area contributed by atoms with E-state index in [0.29, 0.717) is 11.1 Å². The van der Waals surface area contributed by atoms with E-state index in [9.17, 15) is 4.79 Å². The minimum Gasteiger partial charge on any atom is -0.481 e. The molecule has 0 aromatic carbocycles. The van der Waals surface area contributed by atoms with Crippen molar-refractivity contribution < 1.29 is 9.90 Å². The maximum atomic E-state index is 10.7. The predicted molar refractivity (Wildman–Crippen MR) is 76.1 cm³/mol. The highest BCUT2D eigenvalue weighted by Gasteiger charge is 2.16. The number of hydrogen-bond acceptors (Lipinski definition) is 5. The van der Waals surface area contributed by atoms with Gasteiger partial charge in [-0.3, -0.25) is 14.3 Å². The quantitative estimate of drug-likeness (QED) is 0.821. The third-order valence-electron chi connectivity index (χ3n) is 2.52. The highest BCUT2D eigenvalue weighted by molar-refractivity contribution is 7.99. The Balaban J connectivity index is 2.37. The lowest BCUT2D eigenvalue weighted by atomic mass is 10.1. The van der Waals surface area contributed by atoms with Gasteiger partial charge in [0.15, 0.2) is 5.16 Å². The Morgan fingerprint density at radius 1 is 1.45 bits per heavy atom. The normalized spacial score (nSPS) is 10.9. The number of nitrogens with zero attached hydrogens (tertiary/aromatic N) is 4. The number of carboxylic acids is 1. The Bertz CT molecular complexity index is 583. The molecule has 0 amide bonds. The fourth-order valence-electron chi connectivity index (χ4n) is 1.76. The van der Waals surface area contributed by atoms with Gasteiger partial charge in [-0.2, -0.15) is 0 Å². The molecule has 2 heterocycles. The molecule has 0 saturated carbocycles. The van der Waals surface area contributed by atoms with E-state index in [0.717, 1.165) is 29.7 Å². The van der Waals surface area contributed by atoms with Crippen LogP contribution in [-0.2, 0) is 11.2 Å². The van der Waals surface area contributed by atoms with Crippen molar-refractivity contribution in [3.8, 4) is 5.69 Å². The molecular formula is C13H16N4O2S. The van der Waals surface area contributed by atoms with Gasteiger partial charge in [-0.1, -0.05) is 25.6 Å². The smallest absolute Gasteiger partial charge is 0.313 e. The molecule has 0 radical (unpaired) electrons. The third kappa shape index (κ3) is 3.57. The molecular weight excluding hydrogens is 276 g/mol. The molecule has 0 fully saturated rings. The van der Waals surface area contributed by atoms with Gasteiger partial charge in [0, 0.05) is 12.6 Å². The van der Waals surface area contributed by atoms with Crippen LogP contribution in [0.5, 0.6) is 0 Å². The zero-order chi connectivity index (χ0) is 14.5. The number of thioether (sulfide) groups is 1. The van der Waals surface area contributed by atoms with Gasteiger partial charge < -0.3 is 5.11 Å². The molecule has 2 aromatic heterocycles. The van der Waals surface area contributed by atoms with Gasteiger partial charge >= 0.3 is 5.97 Å². The lowest BCUT2D eigenvalue weighted by molar-refractivity contribution is -0.133. The summed E-state index contributed by atoms with van der Waals surface area (Å²) in [6, 6.07) is 3.74. The molecule has 0 aliphatic heterocycles. The molecule has 0 aliphatic carbocycles. The average Bonchev–Trinajstić information content (AvgIpc) is 2.79. The summed E-state index contributed by atoms with van der Waals surface area (Å²) in [5.41, 5.74) is 0.848. The average molecular weight is 292 g/mol. The zero-order valence-corrected chi connectivity index (χ0v) is 12.2. The summed E-state index contributed by atoms with van der Waals surface area (Å²) in [5, 5.41) is 17.7. The largest absolute Gasteiger partial charge is 0.481 e. The van der Waals surface area contributed by atoms with Crippen LogP contribution in [0.15, 0.2) is 29.7 Å². The summed E-state index contributed by atoms with van der Waals surface area (Å²) in [7, 11) is 0. The van der Waals surface area contributed by atoms with Crippen molar-refractivity contribution in [2.24, 2.45) is 5.92 Å². The molecule has 0 atom stereocenters. The van der Waals surface area contributed by atoms with Gasteiger partial charge in [-0.15, -0.1) is 10.2 Å². The standard InChI is InChI=1S/C13H16N4O2S/c1-9(2)6-11-15-16-13(20-8-12(18)19)17(11)10-4-3-5-14-7-10/h3-5,7,9H,6,8H2,1-2H3,(H,18,19). The fraction of sp³-hybridized carbons (Fsp3) is 0.385. The first-order valence-electron chi connectivity index (χ1n) is 6.27. The monoisotopic (exact) mass is 292 g/mol. The van der Waals surface area contributed by atoms with Crippen molar-refractivity contribution in [2.75, 3.05) is 5.75 Å². The number of carbonyl (C=O) groups is 1. The van der Waals surface area contributed by atoms with E-state index >= 15 is 0 Å². The van der Waals surface area contributed by atoms with E-state index in [1.54, 1.807) is 12.4 Å². The zero-order valence-electron chi connectivity index (χ0n) is 11.4. The Morgan fingerprint density at radius 2 is 2.25 bits per heavy atom. The summed E-state index contributed by atoms with van der Waals surface area (Å²) in [4.78, 5) is 14.8. The summed E-state index contributed by atoms with van der Waals surface area (Å²) < 4.78 is 1.88. The minimum atomic E-state index is -0.874. The number of rotatable bonds is 6. The second-order valence-electron chi connectivity index (χ2n) is 4.73. The van der Waals surface area contributed by atoms with Gasteiger partial charge in [0.05, 0.1) is 17.6 Å². The van der Waals surface area contributed by atoms with E-state index in [-0.39, 0.29) is 5.75 Å². The van der Waals surface area contributed by atoms with Gasteiger partial charge in [-0.25, -0.2) is 0 Å². The van der Waals surface area contributed by atoms with Crippen molar-refractivity contribution in [1.29, 1.82) is 0 Å². The van der Waals surface area contributed by atoms with Crippen LogP contribution >= 0.6 is 11.8 Å². The molecule has 0 saturated heterocycles. The number of aromatic nitrogens is 4. The van der Waals surface area contributed by atoms with Gasteiger partial charge in [0.1, 0.15) is 5.82 Å². The van der Waals surface area contributed by atoms with Crippen LogP contribution in [0.1, 0.15) is 19.7 Å². The molecule has 106 valence electrons. The summed E-state index contributed by atoms with van der Waals surface area (Å²) in [5.74, 6) is 0.342. The van der Waals surface area contributed by atoms with Crippen LogP contribution in [0, 0.1) is 5.92 Å². The Morgan fingerprint density at radius 3 is 2.85 bits per heavy atom. The van der Waals surface area contributed by atoms with Crippen molar-refractivity contribution >= 4 is 17.7 Å². The van der Waals surface area contributed by atoms with E-state index in [1.807, 2.05) is 16.7 Å². The van der Waals surface area contributed by atoms with Gasteiger partial charge in [0.2, 0.25) is 0 Å². The van der Waals surface area contributed by atoms with E-state index in [4.69, 9.17) is 5.11 Å². The summed E-state index contributed by atoms with van der Waals surface area (Å²) >= 11 is 1.16. The van der Waals surface area contributed by atoms with Crippen LogP contribution in [0.25, 0.3) is 5.69 Å². The molecule has 6 nitrogen and oxygen atoms in total. The molecule has 2 rings (SSSR count). The van der Waals surface area contributed by atoms with Gasteiger partial charge in [0.25, 0.3) is 0 Å². The first kappa shape index (κ1) is 14.5. The predicted octanol–water partition coefficient (Wildman–Crippen LogP) is 2.04. The topological polar surface area (TPSA) is 80.9 Å². The fourth-order valence-corrected chi connectivity index (χ4v) is 2.45. The third-order valence-corrected chi connectivity index (χ3v) is 3.43. The van der Waals surface area contributed by atoms with Crippen molar-refractivity contribution in [3.63, 3.8) is 0 Å². The van der Waals surface area contributed by atoms with Crippen LogP contribution < -0.4 is 0 Å². The first-order valence-corrected chi connectivity index (χ1v) is 7.25. The lowest BCUT2D eigenvalue weighted by Crippen LogP contribution is -2.07. The molecule has 1 N–H and O–H groups in total. The molecule has 0 unspecified atom stereocenters. The molecule has 7 heteroatoms. The van der Waals surface area contributed by atoms with Crippen molar-refractivity contribution in [2.45, 2.75) is 25.4 Å². The molecule has 20 heavy (non-hydrogen) atoms. The van der Waals surface area contributed by atoms with Gasteiger partial charge in [-0.05, 0) is 18.1 Å². The number of carboxylic acid groups (broad SMARTS) is 1. The van der Waals surface area contributed by atoms with Crippen LogP contribution in [-0.4, -0.2) is 36.6 Å². The maximum Gasteiger partial charge on any atom is 0.313 e. The molecule has 0 aliphatic rings. The number of aliphatic carboxylic acids is 1. The molecule has 2 aromatic rings. The minimum absolute atomic E-state index is 0.0416. The number of hydrogen-bond donors (Lipinski definition) is 1. The van der Waals surface area contributed by atoms with Crippen molar-refractivity contribution in [1.82, 2.24) is 19.7 Å². The van der Waals surface area contributed by atoms with E-state index in [2.05, 4.69) is 29.0 Å². The van der Waals surface area contributed by atoms with E-state index in [1.165, 1.54) is 0 Å². The maximum absolute atomic E-state index is 10.7.